The monoisotopic (exact) mass is 299 g/mol. The zero-order valence-corrected chi connectivity index (χ0v) is 12.4. The molecule has 1 saturated heterocycles. The van der Waals surface area contributed by atoms with Gasteiger partial charge < -0.3 is 14.8 Å². The predicted molar refractivity (Wildman–Crippen MR) is 77.7 cm³/mol. The fourth-order valence-corrected chi connectivity index (χ4v) is 2.82. The van der Waals surface area contributed by atoms with Gasteiger partial charge in [-0.3, -0.25) is 0 Å². The second-order valence-corrected chi connectivity index (χ2v) is 5.30. The van der Waals surface area contributed by atoms with Crippen LogP contribution in [0.5, 0.6) is 5.75 Å². The Bertz CT molecular complexity index is 422. The van der Waals surface area contributed by atoms with Crippen LogP contribution in [0.25, 0.3) is 0 Å². The lowest BCUT2D eigenvalue weighted by Crippen LogP contribution is -2.33. The van der Waals surface area contributed by atoms with Crippen LogP contribution >= 0.6 is 0 Å². The van der Waals surface area contributed by atoms with E-state index >= 15 is 0 Å². The zero-order valence-electron chi connectivity index (χ0n) is 12.4. The van der Waals surface area contributed by atoms with Crippen LogP contribution < -0.4 is 10.1 Å². The Morgan fingerprint density at radius 1 is 1.29 bits per heavy atom. The summed E-state index contributed by atoms with van der Waals surface area (Å²) in [6, 6.07) is 7.11. The number of rotatable bonds is 7. The van der Waals surface area contributed by atoms with Gasteiger partial charge in [0, 0.05) is 24.8 Å². The fraction of sp³-hybridized carbons (Fsp3) is 0.625. The highest BCUT2D eigenvalue weighted by atomic mass is 19.3. The third-order valence-corrected chi connectivity index (χ3v) is 3.82. The van der Waals surface area contributed by atoms with Gasteiger partial charge in [-0.25, -0.2) is 0 Å². The van der Waals surface area contributed by atoms with Gasteiger partial charge in [-0.1, -0.05) is 25.1 Å². The SMILES string of the molecule is CCCNC(c1ccccc1OC(F)F)C1CCOCC1. The van der Waals surface area contributed by atoms with E-state index in [0.717, 1.165) is 44.6 Å². The van der Waals surface area contributed by atoms with Gasteiger partial charge in [-0.05, 0) is 37.8 Å². The molecule has 1 atom stereocenters. The Kier molecular flexibility index (Phi) is 6.39. The summed E-state index contributed by atoms with van der Waals surface area (Å²) >= 11 is 0. The van der Waals surface area contributed by atoms with Gasteiger partial charge >= 0.3 is 6.61 Å². The summed E-state index contributed by atoms with van der Waals surface area (Å²) in [5, 5.41) is 3.49. The second-order valence-electron chi connectivity index (χ2n) is 5.30. The first-order chi connectivity index (χ1) is 10.2. The molecule has 0 aliphatic carbocycles. The first-order valence-electron chi connectivity index (χ1n) is 7.57. The molecule has 1 aliphatic rings. The molecule has 1 fully saturated rings. The Balaban J connectivity index is 2.22. The summed E-state index contributed by atoms with van der Waals surface area (Å²) < 4.78 is 35.3. The third-order valence-electron chi connectivity index (χ3n) is 3.82. The summed E-state index contributed by atoms with van der Waals surface area (Å²) in [6.45, 7) is 1.60. The van der Waals surface area contributed by atoms with Gasteiger partial charge in [0.15, 0.2) is 0 Å². The number of ether oxygens (including phenoxy) is 2. The van der Waals surface area contributed by atoms with Crippen LogP contribution in [0.15, 0.2) is 24.3 Å². The van der Waals surface area contributed by atoms with E-state index in [-0.39, 0.29) is 11.8 Å². The maximum absolute atomic E-state index is 12.6. The van der Waals surface area contributed by atoms with Crippen LogP contribution in [0.3, 0.4) is 0 Å². The molecule has 1 heterocycles. The average molecular weight is 299 g/mol. The second kappa shape index (κ2) is 8.29. The molecule has 0 amide bonds. The zero-order chi connectivity index (χ0) is 15.1. The molecule has 0 radical (unpaired) electrons. The molecule has 3 nitrogen and oxygen atoms in total. The quantitative estimate of drug-likeness (QED) is 0.831. The van der Waals surface area contributed by atoms with Crippen molar-refractivity contribution in [3.63, 3.8) is 0 Å². The van der Waals surface area contributed by atoms with Crippen LogP contribution in [0.1, 0.15) is 37.8 Å². The average Bonchev–Trinajstić information content (AvgIpc) is 2.50. The van der Waals surface area contributed by atoms with Crippen molar-refractivity contribution in [2.24, 2.45) is 5.92 Å². The molecule has 0 spiro atoms. The highest BCUT2D eigenvalue weighted by Gasteiger charge is 2.27. The molecule has 118 valence electrons. The molecular formula is C16H23F2NO2. The maximum Gasteiger partial charge on any atom is 0.387 e. The minimum Gasteiger partial charge on any atom is -0.434 e. The number of hydrogen-bond donors (Lipinski definition) is 1. The Labute approximate surface area is 124 Å². The van der Waals surface area contributed by atoms with Crippen molar-refractivity contribution < 1.29 is 18.3 Å². The molecule has 21 heavy (non-hydrogen) atoms. The van der Waals surface area contributed by atoms with Crippen LogP contribution in [0.4, 0.5) is 8.78 Å². The fourth-order valence-electron chi connectivity index (χ4n) is 2.82. The van der Waals surface area contributed by atoms with Crippen molar-refractivity contribution in [2.45, 2.75) is 38.8 Å². The molecule has 0 aromatic heterocycles. The largest absolute Gasteiger partial charge is 0.434 e. The van der Waals surface area contributed by atoms with E-state index in [1.54, 1.807) is 12.1 Å². The van der Waals surface area contributed by atoms with Crippen molar-refractivity contribution >= 4 is 0 Å². The standard InChI is InChI=1S/C16H23F2NO2/c1-2-9-19-15(12-7-10-20-11-8-12)13-5-3-4-6-14(13)21-16(17)18/h3-6,12,15-16,19H,2,7-11H2,1H3. The summed E-state index contributed by atoms with van der Waals surface area (Å²) in [7, 11) is 0. The number of alkyl halides is 2. The van der Waals surface area contributed by atoms with Gasteiger partial charge in [0.05, 0.1) is 0 Å². The maximum atomic E-state index is 12.6. The van der Waals surface area contributed by atoms with Crippen molar-refractivity contribution in [1.29, 1.82) is 0 Å². The highest BCUT2D eigenvalue weighted by Crippen LogP contribution is 2.35. The number of halogens is 2. The van der Waals surface area contributed by atoms with Crippen LogP contribution in [-0.4, -0.2) is 26.4 Å². The van der Waals surface area contributed by atoms with Gasteiger partial charge in [0.1, 0.15) is 5.75 Å². The number of hydrogen-bond acceptors (Lipinski definition) is 3. The molecule has 2 rings (SSSR count). The molecular weight excluding hydrogens is 276 g/mol. The van der Waals surface area contributed by atoms with E-state index in [1.807, 2.05) is 12.1 Å². The molecule has 1 aromatic carbocycles. The van der Waals surface area contributed by atoms with E-state index in [4.69, 9.17) is 9.47 Å². The molecule has 0 bridgehead atoms. The number of nitrogens with one attached hydrogen (secondary N) is 1. The predicted octanol–water partition coefficient (Wildman–Crippen LogP) is 3.76. The van der Waals surface area contributed by atoms with E-state index in [2.05, 4.69) is 12.2 Å². The Morgan fingerprint density at radius 2 is 2.00 bits per heavy atom. The summed E-state index contributed by atoms with van der Waals surface area (Å²) in [6.07, 6.45) is 2.87. The first kappa shape index (κ1) is 16.2. The van der Waals surface area contributed by atoms with Crippen molar-refractivity contribution in [3.8, 4) is 5.75 Å². The van der Waals surface area contributed by atoms with Crippen molar-refractivity contribution in [1.82, 2.24) is 5.32 Å². The first-order valence-corrected chi connectivity index (χ1v) is 7.57. The van der Waals surface area contributed by atoms with Gasteiger partial charge in [-0.2, -0.15) is 8.78 Å². The Hall–Kier alpha value is -1.20. The highest BCUT2D eigenvalue weighted by molar-refractivity contribution is 5.36. The van der Waals surface area contributed by atoms with Crippen LogP contribution in [0, 0.1) is 5.92 Å². The van der Waals surface area contributed by atoms with E-state index in [1.165, 1.54) is 0 Å². The molecule has 0 saturated carbocycles. The molecule has 1 aliphatic heterocycles. The number of para-hydroxylation sites is 1. The summed E-state index contributed by atoms with van der Waals surface area (Å²) in [4.78, 5) is 0. The van der Waals surface area contributed by atoms with Gasteiger partial charge in [-0.15, -0.1) is 0 Å². The number of benzene rings is 1. The van der Waals surface area contributed by atoms with E-state index < -0.39 is 6.61 Å². The molecule has 1 unspecified atom stereocenters. The van der Waals surface area contributed by atoms with E-state index in [9.17, 15) is 8.78 Å². The summed E-state index contributed by atoms with van der Waals surface area (Å²) in [5.41, 5.74) is 0.818. The van der Waals surface area contributed by atoms with Gasteiger partial charge in [0.25, 0.3) is 0 Å². The third kappa shape index (κ3) is 4.64. The van der Waals surface area contributed by atoms with E-state index in [0.29, 0.717) is 5.92 Å². The van der Waals surface area contributed by atoms with Crippen LogP contribution in [-0.2, 0) is 4.74 Å². The lowest BCUT2D eigenvalue weighted by atomic mass is 9.86. The summed E-state index contributed by atoms with van der Waals surface area (Å²) in [5.74, 6) is 0.653. The van der Waals surface area contributed by atoms with Crippen molar-refractivity contribution in [3.05, 3.63) is 29.8 Å². The minimum atomic E-state index is -2.80. The molecule has 1 aromatic rings. The minimum absolute atomic E-state index is 0.0313. The molecule has 5 heteroatoms. The van der Waals surface area contributed by atoms with Gasteiger partial charge in [0.2, 0.25) is 0 Å². The van der Waals surface area contributed by atoms with Crippen molar-refractivity contribution in [2.75, 3.05) is 19.8 Å². The van der Waals surface area contributed by atoms with Crippen LogP contribution in [0.2, 0.25) is 0 Å². The Morgan fingerprint density at radius 3 is 2.67 bits per heavy atom. The smallest absolute Gasteiger partial charge is 0.387 e. The lowest BCUT2D eigenvalue weighted by Gasteiger charge is -2.32. The topological polar surface area (TPSA) is 30.5 Å². The lowest BCUT2D eigenvalue weighted by molar-refractivity contribution is -0.0511. The normalized spacial score (nSPS) is 17.9. The molecule has 1 N–H and O–H groups in total.